The number of amides is 1. The van der Waals surface area contributed by atoms with Crippen molar-refractivity contribution in [3.63, 3.8) is 0 Å². The fourth-order valence-electron chi connectivity index (χ4n) is 2.43. The molecule has 2 aliphatic carbocycles. The normalized spacial score (nSPS) is 28.3. The average molecular weight is 256 g/mol. The highest BCUT2D eigenvalue weighted by molar-refractivity contribution is 7.99. The number of thioether (sulfide) groups is 1. The first kappa shape index (κ1) is 13.2. The minimum absolute atomic E-state index is 0.220. The molecule has 0 saturated heterocycles. The summed E-state index contributed by atoms with van der Waals surface area (Å²) >= 11 is 2.08. The van der Waals surface area contributed by atoms with Crippen LogP contribution in [0, 0.1) is 0 Å². The third kappa shape index (κ3) is 4.88. The number of rotatable bonds is 7. The standard InChI is InChI=1S/C13H24N2OS/c1-2-17-12-6-5-11(9-12)14-8-7-13(16)15-10-3-4-10/h10-12,14H,2-9H2,1H3,(H,15,16). The zero-order chi connectivity index (χ0) is 12.1. The third-order valence-electron chi connectivity index (χ3n) is 3.51. The monoisotopic (exact) mass is 256 g/mol. The molecule has 2 atom stereocenters. The van der Waals surface area contributed by atoms with Crippen LogP contribution in [0.15, 0.2) is 0 Å². The zero-order valence-corrected chi connectivity index (χ0v) is 11.5. The summed E-state index contributed by atoms with van der Waals surface area (Å²) < 4.78 is 0. The van der Waals surface area contributed by atoms with Gasteiger partial charge in [0.15, 0.2) is 0 Å². The zero-order valence-electron chi connectivity index (χ0n) is 10.7. The maximum Gasteiger partial charge on any atom is 0.221 e. The van der Waals surface area contributed by atoms with Gasteiger partial charge in [0.05, 0.1) is 0 Å². The van der Waals surface area contributed by atoms with Crippen LogP contribution in [-0.2, 0) is 4.79 Å². The lowest BCUT2D eigenvalue weighted by Crippen LogP contribution is -2.33. The molecule has 0 spiro atoms. The number of hydrogen-bond acceptors (Lipinski definition) is 3. The van der Waals surface area contributed by atoms with E-state index >= 15 is 0 Å². The van der Waals surface area contributed by atoms with E-state index < -0.39 is 0 Å². The van der Waals surface area contributed by atoms with E-state index in [0.29, 0.717) is 18.5 Å². The van der Waals surface area contributed by atoms with Crippen molar-refractivity contribution in [2.75, 3.05) is 12.3 Å². The first-order chi connectivity index (χ1) is 8.28. The lowest BCUT2D eigenvalue weighted by molar-refractivity contribution is -0.121. The van der Waals surface area contributed by atoms with Gasteiger partial charge in [-0.1, -0.05) is 6.92 Å². The highest BCUT2D eigenvalue weighted by Crippen LogP contribution is 2.29. The molecule has 4 heteroatoms. The second-order valence-corrected chi connectivity index (χ2v) is 6.71. The smallest absolute Gasteiger partial charge is 0.221 e. The highest BCUT2D eigenvalue weighted by Gasteiger charge is 2.25. The van der Waals surface area contributed by atoms with Crippen molar-refractivity contribution in [1.29, 1.82) is 0 Å². The Balaban J connectivity index is 1.51. The summed E-state index contributed by atoms with van der Waals surface area (Å²) in [6, 6.07) is 1.15. The molecule has 3 nitrogen and oxygen atoms in total. The van der Waals surface area contributed by atoms with E-state index in [1.807, 2.05) is 0 Å². The largest absolute Gasteiger partial charge is 0.353 e. The molecule has 0 aromatic heterocycles. The highest BCUT2D eigenvalue weighted by atomic mass is 32.2. The molecule has 1 amide bonds. The van der Waals surface area contributed by atoms with Crippen molar-refractivity contribution >= 4 is 17.7 Å². The van der Waals surface area contributed by atoms with Crippen molar-refractivity contribution in [3.05, 3.63) is 0 Å². The summed E-state index contributed by atoms with van der Waals surface area (Å²) in [4.78, 5) is 11.5. The summed E-state index contributed by atoms with van der Waals surface area (Å²) in [5.74, 6) is 1.44. The topological polar surface area (TPSA) is 41.1 Å². The van der Waals surface area contributed by atoms with E-state index in [4.69, 9.17) is 0 Å². The fourth-order valence-corrected chi connectivity index (χ4v) is 3.57. The van der Waals surface area contributed by atoms with Gasteiger partial charge < -0.3 is 10.6 Å². The molecule has 17 heavy (non-hydrogen) atoms. The van der Waals surface area contributed by atoms with Crippen molar-refractivity contribution in [2.45, 2.75) is 62.8 Å². The van der Waals surface area contributed by atoms with E-state index in [1.54, 1.807) is 0 Å². The maximum atomic E-state index is 11.5. The van der Waals surface area contributed by atoms with Gasteiger partial charge in [0.25, 0.3) is 0 Å². The van der Waals surface area contributed by atoms with E-state index in [0.717, 1.165) is 11.8 Å². The first-order valence-electron chi connectivity index (χ1n) is 6.92. The predicted molar refractivity (Wildman–Crippen MR) is 73.3 cm³/mol. The van der Waals surface area contributed by atoms with E-state index in [9.17, 15) is 4.79 Å². The van der Waals surface area contributed by atoms with Gasteiger partial charge in [0, 0.05) is 30.3 Å². The van der Waals surface area contributed by atoms with Crippen LogP contribution in [-0.4, -0.2) is 35.5 Å². The maximum absolute atomic E-state index is 11.5. The van der Waals surface area contributed by atoms with Gasteiger partial charge in [-0.25, -0.2) is 0 Å². The summed E-state index contributed by atoms with van der Waals surface area (Å²) in [6.45, 7) is 3.07. The molecule has 0 heterocycles. The second kappa shape index (κ2) is 6.64. The Morgan fingerprint density at radius 1 is 1.24 bits per heavy atom. The fraction of sp³-hybridized carbons (Fsp3) is 0.923. The number of hydrogen-bond donors (Lipinski definition) is 2. The predicted octanol–water partition coefficient (Wildman–Crippen LogP) is 1.92. The summed E-state index contributed by atoms with van der Waals surface area (Å²) in [6.07, 6.45) is 6.89. The molecule has 2 rings (SSSR count). The van der Waals surface area contributed by atoms with Crippen LogP contribution in [0.3, 0.4) is 0 Å². The molecule has 0 aromatic rings. The SMILES string of the molecule is CCSC1CCC(NCCC(=O)NC2CC2)C1. The Morgan fingerprint density at radius 3 is 2.71 bits per heavy atom. The molecule has 2 aliphatic rings. The molecule has 0 bridgehead atoms. The van der Waals surface area contributed by atoms with Crippen LogP contribution in [0.1, 0.15) is 45.4 Å². The Hall–Kier alpha value is -0.220. The van der Waals surface area contributed by atoms with Crippen molar-refractivity contribution in [3.8, 4) is 0 Å². The Labute approximate surface area is 108 Å². The van der Waals surface area contributed by atoms with Crippen LogP contribution < -0.4 is 10.6 Å². The Bertz CT molecular complexity index is 256. The lowest BCUT2D eigenvalue weighted by atomic mass is 10.2. The minimum atomic E-state index is 0.220. The van der Waals surface area contributed by atoms with E-state index in [-0.39, 0.29) is 5.91 Å². The minimum Gasteiger partial charge on any atom is -0.353 e. The van der Waals surface area contributed by atoms with Gasteiger partial charge in [-0.15, -0.1) is 0 Å². The van der Waals surface area contributed by atoms with Crippen molar-refractivity contribution in [2.24, 2.45) is 0 Å². The number of carbonyl (C=O) groups is 1. The van der Waals surface area contributed by atoms with E-state index in [1.165, 1.54) is 37.9 Å². The molecule has 2 N–H and O–H groups in total. The molecule has 98 valence electrons. The van der Waals surface area contributed by atoms with Crippen LogP contribution in [0.25, 0.3) is 0 Å². The summed E-state index contributed by atoms with van der Waals surface area (Å²) in [7, 11) is 0. The van der Waals surface area contributed by atoms with Crippen LogP contribution in [0.5, 0.6) is 0 Å². The van der Waals surface area contributed by atoms with Crippen LogP contribution in [0.4, 0.5) is 0 Å². The number of carbonyl (C=O) groups excluding carboxylic acids is 1. The molecule has 0 radical (unpaired) electrons. The van der Waals surface area contributed by atoms with Gasteiger partial charge in [0.2, 0.25) is 5.91 Å². The summed E-state index contributed by atoms with van der Waals surface area (Å²) in [5.41, 5.74) is 0. The molecule has 0 aromatic carbocycles. The lowest BCUT2D eigenvalue weighted by Gasteiger charge is -2.12. The Kier molecular flexibility index (Phi) is 5.16. The molecule has 2 saturated carbocycles. The van der Waals surface area contributed by atoms with Crippen molar-refractivity contribution in [1.82, 2.24) is 10.6 Å². The number of nitrogens with one attached hydrogen (secondary N) is 2. The summed E-state index contributed by atoms with van der Waals surface area (Å²) in [5, 5.41) is 7.39. The first-order valence-corrected chi connectivity index (χ1v) is 7.97. The van der Waals surface area contributed by atoms with Crippen LogP contribution >= 0.6 is 11.8 Å². The van der Waals surface area contributed by atoms with Gasteiger partial charge in [-0.05, 0) is 37.9 Å². The Morgan fingerprint density at radius 2 is 2.00 bits per heavy atom. The molecular weight excluding hydrogens is 232 g/mol. The van der Waals surface area contributed by atoms with Gasteiger partial charge in [-0.3, -0.25) is 4.79 Å². The molecule has 0 aliphatic heterocycles. The molecule has 2 unspecified atom stereocenters. The van der Waals surface area contributed by atoms with E-state index in [2.05, 4.69) is 29.3 Å². The average Bonchev–Trinajstić information content (AvgIpc) is 2.99. The van der Waals surface area contributed by atoms with Crippen molar-refractivity contribution < 1.29 is 4.79 Å². The van der Waals surface area contributed by atoms with Gasteiger partial charge >= 0.3 is 0 Å². The van der Waals surface area contributed by atoms with Gasteiger partial charge in [-0.2, -0.15) is 11.8 Å². The molecule has 2 fully saturated rings. The van der Waals surface area contributed by atoms with Gasteiger partial charge in [0.1, 0.15) is 0 Å². The second-order valence-electron chi connectivity index (χ2n) is 5.13. The third-order valence-corrected chi connectivity index (χ3v) is 4.75. The van der Waals surface area contributed by atoms with Crippen LogP contribution in [0.2, 0.25) is 0 Å². The molecular formula is C13H24N2OS. The quantitative estimate of drug-likeness (QED) is 0.731.